The van der Waals surface area contributed by atoms with E-state index in [1.54, 1.807) is 0 Å². The zero-order valence-electron chi connectivity index (χ0n) is 6.61. The Morgan fingerprint density at radius 3 is 0.333 bits per heavy atom. The van der Waals surface area contributed by atoms with Crippen LogP contribution in [0.1, 0.15) is 0 Å². The van der Waals surface area contributed by atoms with Crippen LogP contribution in [0.4, 0.5) is 0 Å². The first-order valence-electron chi connectivity index (χ1n) is 0. The molecule has 0 heterocycles. The molecule has 2 radical (unpaired) electrons. The predicted octanol–water partition coefficient (Wildman–Crippen LogP) is -1.95. The summed E-state index contributed by atoms with van der Waals surface area (Å²) in [7, 11) is 0. The summed E-state index contributed by atoms with van der Waals surface area (Å²) < 4.78 is 0. The van der Waals surface area contributed by atoms with E-state index in [0.29, 0.717) is 0 Å². The molecule has 0 saturated heterocycles. The summed E-state index contributed by atoms with van der Waals surface area (Å²) in [5.74, 6) is 0. The molecule has 0 saturated carbocycles. The van der Waals surface area contributed by atoms with Gasteiger partial charge in [-0.15, -0.1) is 0 Å². The van der Waals surface area contributed by atoms with E-state index in [9.17, 15) is 0 Å². The molecule has 0 atom stereocenters. The van der Waals surface area contributed by atoms with Crippen LogP contribution in [0.15, 0.2) is 0 Å². The van der Waals surface area contributed by atoms with Gasteiger partial charge in [0.2, 0.25) is 0 Å². The van der Waals surface area contributed by atoms with Gasteiger partial charge in [-0.25, -0.2) is 0 Å². The molecule has 0 aromatic carbocycles. The Labute approximate surface area is 159 Å². The molecule has 0 bridgehead atoms. The minimum Gasteiger partial charge on any atom is -0.870 e. The van der Waals surface area contributed by atoms with Gasteiger partial charge in [0.15, 0.2) is 0 Å². The van der Waals surface area contributed by atoms with Gasteiger partial charge in [0.25, 0.3) is 0 Å². The fourth-order valence-electron chi connectivity index (χ4n) is 0. The second-order valence-electron chi connectivity index (χ2n) is 0. The Balaban J connectivity index is 0. The summed E-state index contributed by atoms with van der Waals surface area (Å²) >= 11 is 0. The van der Waals surface area contributed by atoms with Crippen molar-refractivity contribution in [3.8, 4) is 0 Å². The second-order valence-corrected chi connectivity index (χ2v) is 0. The van der Waals surface area contributed by atoms with Crippen LogP contribution in [-0.4, -0.2) is 60.2 Å². The maximum atomic E-state index is 0. The monoisotopic (exact) mass is 530 g/mol. The number of hydrogen-bond acceptors (Lipinski definition) is 11. The Bertz CT molecular complexity index is 20.5. The van der Waals surface area contributed by atoms with E-state index in [0.717, 1.165) is 0 Å². The molecule has 11 N–H and O–H groups in total. The van der Waals surface area contributed by atoms with Crippen molar-refractivity contribution in [1.29, 1.82) is 0 Å². The molecule has 15 heavy (non-hydrogen) atoms. The van der Waals surface area contributed by atoms with Gasteiger partial charge in [-0.05, 0) is 0 Å². The zero-order chi connectivity index (χ0) is 0. The number of hydrogen-bond donors (Lipinski definition) is 0. The van der Waals surface area contributed by atoms with Crippen molar-refractivity contribution in [2.24, 2.45) is 0 Å². The topological polar surface area (TPSA) is 330 Å². The molecule has 0 spiro atoms. The molecule has 0 aliphatic rings. The van der Waals surface area contributed by atoms with E-state index in [2.05, 4.69) is 0 Å². The van der Waals surface area contributed by atoms with E-state index in [4.69, 9.17) is 0 Å². The van der Waals surface area contributed by atoms with Gasteiger partial charge in [0, 0.05) is 0 Å². The molecule has 15 heteroatoms. The SMILES string of the molecule is [Ce+3].[Mn+2].[Ni+2].[OH-].[OH-].[OH-].[OH-].[OH-].[OH-].[OH-].[OH-].[OH-].[OH-].[OH-].[Zr+4]. The summed E-state index contributed by atoms with van der Waals surface area (Å²) in [4.78, 5) is 0. The molecular formula is H11CeMnNiO11Zr. The summed E-state index contributed by atoms with van der Waals surface area (Å²) in [6.45, 7) is 0. The van der Waals surface area contributed by atoms with Crippen molar-refractivity contribution in [2.75, 3.05) is 0 Å². The molecule has 0 fully saturated rings. The van der Waals surface area contributed by atoms with Crippen LogP contribution < -0.4 is 0 Å². The largest absolute Gasteiger partial charge is 4.00 e. The average Bonchev–Trinajstić information content (AvgIpc) is 0. The molecule has 0 amide bonds. The smallest absolute Gasteiger partial charge is 0.870 e. The maximum Gasteiger partial charge on any atom is 4.00 e. The average molecular weight is 532 g/mol. The van der Waals surface area contributed by atoms with Crippen LogP contribution in [-0.2, 0) is 59.8 Å². The molecule has 0 aliphatic heterocycles. The van der Waals surface area contributed by atoms with Gasteiger partial charge in [0.1, 0.15) is 0 Å². The maximum absolute atomic E-state index is 0. The van der Waals surface area contributed by atoms with Crippen molar-refractivity contribution in [3.05, 3.63) is 0 Å². The molecule has 0 aromatic heterocycles. The quantitative estimate of drug-likeness (QED) is 0.308. The summed E-state index contributed by atoms with van der Waals surface area (Å²) in [5.41, 5.74) is 0. The van der Waals surface area contributed by atoms with Gasteiger partial charge in [-0.3, -0.25) is 0 Å². The van der Waals surface area contributed by atoms with E-state index >= 15 is 0 Å². The van der Waals surface area contributed by atoms with Crippen LogP contribution in [0.5, 0.6) is 0 Å². The van der Waals surface area contributed by atoms with E-state index in [1.165, 1.54) is 0 Å². The van der Waals surface area contributed by atoms with Crippen molar-refractivity contribution >= 4 is 0 Å². The fraction of sp³-hybridized carbons (Fsp3) is 0. The minimum atomic E-state index is 0. The first-order valence-corrected chi connectivity index (χ1v) is 0. The molecule has 0 aliphatic carbocycles. The van der Waals surface area contributed by atoms with Crippen LogP contribution in [0.2, 0.25) is 0 Å². The number of rotatable bonds is 0. The van der Waals surface area contributed by atoms with Gasteiger partial charge in [-0.2, -0.15) is 0 Å². The molecule has 11 nitrogen and oxygen atoms in total. The predicted molar refractivity (Wildman–Crippen MR) is 21.3 cm³/mol. The van der Waals surface area contributed by atoms with Crippen molar-refractivity contribution in [1.82, 2.24) is 0 Å². The van der Waals surface area contributed by atoms with Crippen LogP contribution in [0.25, 0.3) is 0 Å². The first-order chi connectivity index (χ1) is 0. The van der Waals surface area contributed by atoms with E-state index < -0.39 is 0 Å². The third-order valence-electron chi connectivity index (χ3n) is 0. The third-order valence-corrected chi connectivity index (χ3v) is 0. The molecule has 0 unspecified atom stereocenters. The van der Waals surface area contributed by atoms with E-state index in [1.807, 2.05) is 0 Å². The minimum absolute atomic E-state index is 0. The first kappa shape index (κ1) is 630. The molecular weight excluding hydrogens is 521 g/mol. The summed E-state index contributed by atoms with van der Waals surface area (Å²) in [5, 5.41) is 0. The third kappa shape index (κ3) is 462. The van der Waals surface area contributed by atoms with Gasteiger partial charge in [0.05, 0.1) is 0 Å². The molecule has 0 rings (SSSR count). The molecule has 102 valence electrons. The van der Waals surface area contributed by atoms with Gasteiger partial charge < -0.3 is 60.2 Å². The van der Waals surface area contributed by atoms with Crippen molar-refractivity contribution < 1.29 is 162 Å². The normalized spacial score (nSPS) is 0. The standard InChI is InChI=1S/Ce.Mn.Ni.11H2O.Zr/h;;;11*1H2;/q+3;2*+2;;;;;;;;;;;;+4/p-11. The summed E-state index contributed by atoms with van der Waals surface area (Å²) in [6, 6.07) is 0. The van der Waals surface area contributed by atoms with Crippen molar-refractivity contribution in [2.45, 2.75) is 0 Å². The Hall–Kier alpha value is 2.83. The Morgan fingerprint density at radius 2 is 0.333 bits per heavy atom. The van der Waals surface area contributed by atoms with Crippen LogP contribution in [0.3, 0.4) is 0 Å². The fourth-order valence-corrected chi connectivity index (χ4v) is 0. The Kier molecular flexibility index (Phi) is 22100. The van der Waals surface area contributed by atoms with Crippen LogP contribution >= 0.6 is 0 Å². The molecule has 0 aromatic rings. The van der Waals surface area contributed by atoms with Gasteiger partial charge >= 0.3 is 102 Å². The zero-order valence-corrected chi connectivity index (χ0v) is 14.4. The van der Waals surface area contributed by atoms with Crippen molar-refractivity contribution in [3.63, 3.8) is 0 Å². The summed E-state index contributed by atoms with van der Waals surface area (Å²) in [6.07, 6.45) is 0. The van der Waals surface area contributed by atoms with Crippen LogP contribution in [0, 0.1) is 41.7 Å². The Morgan fingerprint density at radius 1 is 0.333 bits per heavy atom. The van der Waals surface area contributed by atoms with E-state index in [-0.39, 0.29) is 162 Å². The van der Waals surface area contributed by atoms with Gasteiger partial charge in [-0.1, -0.05) is 0 Å². The second kappa shape index (κ2) is 526.